The summed E-state index contributed by atoms with van der Waals surface area (Å²) in [6, 6.07) is 0. The minimum Gasteiger partial charge on any atom is -0.409 e. The number of hydrogen-bond acceptors (Lipinski definition) is 3. The van der Waals surface area contributed by atoms with Crippen molar-refractivity contribution in [1.29, 1.82) is 0 Å². The summed E-state index contributed by atoms with van der Waals surface area (Å²) in [6.07, 6.45) is 7.57. The van der Waals surface area contributed by atoms with Gasteiger partial charge in [0.25, 0.3) is 0 Å². The summed E-state index contributed by atoms with van der Waals surface area (Å²) in [4.78, 5) is 12.4. The summed E-state index contributed by atoms with van der Waals surface area (Å²) in [5, 5.41) is 15.0. The quantitative estimate of drug-likeness (QED) is 0.315. The molecular weight excluding hydrogens is 266 g/mol. The standard InChI is InChI=1S/C16H29N3O2/c1-11-3-5-13(6-4-11)7-8-18-15(20)16(14(17)19-21)9-12(2)10-16/h11-13,21H,3-10H2,1-2H3,(H2,17,19)(H,18,20). The van der Waals surface area contributed by atoms with Gasteiger partial charge in [0.05, 0.1) is 0 Å². The summed E-state index contributed by atoms with van der Waals surface area (Å²) in [5.74, 6) is 2.04. The molecule has 2 rings (SSSR count). The molecule has 0 saturated heterocycles. The zero-order chi connectivity index (χ0) is 15.5. The van der Waals surface area contributed by atoms with Crippen molar-refractivity contribution in [3.05, 3.63) is 0 Å². The molecule has 21 heavy (non-hydrogen) atoms. The third-order valence-corrected chi connectivity index (χ3v) is 5.40. The second-order valence-corrected chi connectivity index (χ2v) is 7.25. The molecule has 0 aromatic carbocycles. The number of carbonyl (C=O) groups excluding carboxylic acids is 1. The molecule has 1 amide bonds. The molecule has 5 nitrogen and oxygen atoms in total. The van der Waals surface area contributed by atoms with E-state index in [1.165, 1.54) is 25.7 Å². The second-order valence-electron chi connectivity index (χ2n) is 7.25. The van der Waals surface area contributed by atoms with Crippen LogP contribution in [0.4, 0.5) is 0 Å². The highest BCUT2D eigenvalue weighted by Gasteiger charge is 2.52. The number of nitrogens with two attached hydrogens (primary N) is 1. The molecule has 0 heterocycles. The van der Waals surface area contributed by atoms with E-state index in [4.69, 9.17) is 10.9 Å². The molecule has 0 aromatic rings. The number of nitrogens with one attached hydrogen (secondary N) is 1. The Morgan fingerprint density at radius 2 is 1.86 bits per heavy atom. The van der Waals surface area contributed by atoms with Crippen LogP contribution in [0.25, 0.3) is 0 Å². The average Bonchev–Trinajstić information content (AvgIpc) is 2.44. The van der Waals surface area contributed by atoms with E-state index in [0.29, 0.717) is 25.3 Å². The predicted molar refractivity (Wildman–Crippen MR) is 83.0 cm³/mol. The number of amides is 1. The van der Waals surface area contributed by atoms with Gasteiger partial charge in [-0.25, -0.2) is 0 Å². The van der Waals surface area contributed by atoms with Gasteiger partial charge in [0.15, 0.2) is 5.84 Å². The van der Waals surface area contributed by atoms with E-state index in [9.17, 15) is 4.79 Å². The Hall–Kier alpha value is -1.26. The van der Waals surface area contributed by atoms with Gasteiger partial charge in [-0.1, -0.05) is 44.7 Å². The Morgan fingerprint density at radius 3 is 2.38 bits per heavy atom. The largest absolute Gasteiger partial charge is 0.409 e. The maximum atomic E-state index is 12.4. The van der Waals surface area contributed by atoms with Crippen LogP contribution in [0, 0.1) is 23.2 Å². The van der Waals surface area contributed by atoms with Gasteiger partial charge in [-0.2, -0.15) is 0 Å². The molecule has 0 unspecified atom stereocenters. The summed E-state index contributed by atoms with van der Waals surface area (Å²) < 4.78 is 0. The molecule has 0 radical (unpaired) electrons. The minimum absolute atomic E-state index is 0.0598. The Balaban J connectivity index is 1.78. The van der Waals surface area contributed by atoms with Gasteiger partial charge in [-0.05, 0) is 37.0 Å². The number of oxime groups is 1. The van der Waals surface area contributed by atoms with Crippen molar-refractivity contribution >= 4 is 11.7 Å². The van der Waals surface area contributed by atoms with E-state index < -0.39 is 5.41 Å². The average molecular weight is 295 g/mol. The summed E-state index contributed by atoms with van der Waals surface area (Å²) in [5.41, 5.74) is 4.98. The summed E-state index contributed by atoms with van der Waals surface area (Å²) in [7, 11) is 0. The zero-order valence-electron chi connectivity index (χ0n) is 13.3. The van der Waals surface area contributed by atoms with Crippen molar-refractivity contribution in [3.63, 3.8) is 0 Å². The first kappa shape index (κ1) is 16.1. The van der Waals surface area contributed by atoms with Gasteiger partial charge in [0, 0.05) is 6.54 Å². The Labute approximate surface area is 127 Å². The van der Waals surface area contributed by atoms with E-state index in [2.05, 4.69) is 24.3 Å². The van der Waals surface area contributed by atoms with Crippen molar-refractivity contribution in [2.24, 2.45) is 34.1 Å². The highest BCUT2D eigenvalue weighted by atomic mass is 16.4. The maximum absolute atomic E-state index is 12.4. The third kappa shape index (κ3) is 3.50. The van der Waals surface area contributed by atoms with Crippen LogP contribution < -0.4 is 11.1 Å². The molecule has 0 bridgehead atoms. The minimum atomic E-state index is -0.769. The molecule has 5 heteroatoms. The topological polar surface area (TPSA) is 87.7 Å². The Bertz CT molecular complexity index is 394. The third-order valence-electron chi connectivity index (χ3n) is 5.40. The van der Waals surface area contributed by atoms with E-state index >= 15 is 0 Å². The fourth-order valence-corrected chi connectivity index (χ4v) is 3.91. The van der Waals surface area contributed by atoms with Gasteiger partial charge in [0.2, 0.25) is 5.91 Å². The van der Waals surface area contributed by atoms with Crippen molar-refractivity contribution in [1.82, 2.24) is 5.32 Å². The van der Waals surface area contributed by atoms with Crippen LogP contribution in [-0.4, -0.2) is 23.5 Å². The molecule has 2 aliphatic carbocycles. The van der Waals surface area contributed by atoms with Crippen molar-refractivity contribution < 1.29 is 10.0 Å². The van der Waals surface area contributed by atoms with Crippen LogP contribution in [0.15, 0.2) is 5.16 Å². The van der Waals surface area contributed by atoms with Crippen LogP contribution in [0.1, 0.15) is 58.8 Å². The molecule has 2 saturated carbocycles. The normalized spacial score (nSPS) is 36.9. The lowest BCUT2D eigenvalue weighted by Gasteiger charge is -2.43. The van der Waals surface area contributed by atoms with Crippen molar-refractivity contribution in [2.45, 2.75) is 58.8 Å². The fourth-order valence-electron chi connectivity index (χ4n) is 3.91. The SMILES string of the molecule is CC1CCC(CCNC(=O)C2(C(N)=NO)CC(C)C2)CC1. The Morgan fingerprint density at radius 1 is 1.24 bits per heavy atom. The lowest BCUT2D eigenvalue weighted by Crippen LogP contribution is -2.56. The summed E-state index contributed by atoms with van der Waals surface area (Å²) >= 11 is 0. The monoisotopic (exact) mass is 295 g/mol. The molecule has 0 aliphatic heterocycles. The first-order chi connectivity index (χ1) is 9.98. The van der Waals surface area contributed by atoms with Crippen LogP contribution in [-0.2, 0) is 4.79 Å². The van der Waals surface area contributed by atoms with Gasteiger partial charge in [-0.3, -0.25) is 4.79 Å². The van der Waals surface area contributed by atoms with E-state index in [0.717, 1.165) is 18.3 Å². The van der Waals surface area contributed by atoms with Gasteiger partial charge < -0.3 is 16.3 Å². The molecule has 0 aromatic heterocycles. The number of carbonyl (C=O) groups is 1. The van der Waals surface area contributed by atoms with Gasteiger partial charge in [-0.15, -0.1) is 0 Å². The molecule has 120 valence electrons. The number of rotatable bonds is 5. The Kier molecular flexibility index (Phi) is 5.12. The van der Waals surface area contributed by atoms with Crippen LogP contribution in [0.3, 0.4) is 0 Å². The predicted octanol–water partition coefficient (Wildman–Crippen LogP) is 2.48. The summed E-state index contributed by atoms with van der Waals surface area (Å²) in [6.45, 7) is 5.10. The van der Waals surface area contributed by atoms with Gasteiger partial charge in [0.1, 0.15) is 5.41 Å². The van der Waals surface area contributed by atoms with Crippen molar-refractivity contribution in [2.75, 3.05) is 6.54 Å². The highest BCUT2D eigenvalue weighted by molar-refractivity contribution is 6.07. The van der Waals surface area contributed by atoms with E-state index in [1.54, 1.807) is 0 Å². The lowest BCUT2D eigenvalue weighted by molar-refractivity contribution is -0.133. The molecular formula is C16H29N3O2. The highest BCUT2D eigenvalue weighted by Crippen LogP contribution is 2.45. The van der Waals surface area contributed by atoms with E-state index in [-0.39, 0.29) is 11.7 Å². The smallest absolute Gasteiger partial charge is 0.233 e. The lowest BCUT2D eigenvalue weighted by atomic mass is 9.61. The number of nitrogens with zero attached hydrogens (tertiary/aromatic N) is 1. The maximum Gasteiger partial charge on any atom is 0.233 e. The molecule has 2 fully saturated rings. The molecule has 4 N–H and O–H groups in total. The van der Waals surface area contributed by atoms with Crippen LogP contribution in [0.5, 0.6) is 0 Å². The van der Waals surface area contributed by atoms with Crippen LogP contribution in [0.2, 0.25) is 0 Å². The number of hydrogen-bond donors (Lipinski definition) is 3. The van der Waals surface area contributed by atoms with E-state index in [1.807, 2.05) is 0 Å². The number of amidine groups is 1. The fraction of sp³-hybridized carbons (Fsp3) is 0.875. The first-order valence-electron chi connectivity index (χ1n) is 8.24. The van der Waals surface area contributed by atoms with Gasteiger partial charge >= 0.3 is 0 Å². The molecule has 0 atom stereocenters. The zero-order valence-corrected chi connectivity index (χ0v) is 13.3. The molecule has 0 spiro atoms. The van der Waals surface area contributed by atoms with Crippen molar-refractivity contribution in [3.8, 4) is 0 Å². The molecule has 2 aliphatic rings. The second kappa shape index (κ2) is 6.67. The van der Waals surface area contributed by atoms with Crippen LogP contribution >= 0.6 is 0 Å². The first-order valence-corrected chi connectivity index (χ1v) is 8.24.